The van der Waals surface area contributed by atoms with Crippen molar-refractivity contribution in [2.75, 3.05) is 18.4 Å². The summed E-state index contributed by atoms with van der Waals surface area (Å²) in [5.74, 6) is 0.617. The molecule has 0 radical (unpaired) electrons. The topological polar surface area (TPSA) is 50.2 Å². The van der Waals surface area contributed by atoms with Crippen LogP contribution in [-0.4, -0.2) is 45.9 Å². The van der Waals surface area contributed by atoms with E-state index in [-0.39, 0.29) is 35.6 Å². The second-order valence-electron chi connectivity index (χ2n) is 10.3. The van der Waals surface area contributed by atoms with Crippen molar-refractivity contribution in [2.24, 2.45) is 11.8 Å². The third-order valence-corrected chi connectivity index (χ3v) is 6.94. The summed E-state index contributed by atoms with van der Waals surface area (Å²) in [5.41, 5.74) is 0.316. The van der Waals surface area contributed by atoms with Gasteiger partial charge in [-0.15, -0.1) is 0 Å². The van der Waals surface area contributed by atoms with Crippen LogP contribution >= 0.6 is 0 Å². The third-order valence-electron chi connectivity index (χ3n) is 6.94. The molecule has 3 aliphatic rings. The number of carbonyl (C=O) groups excluding carboxylic acids is 1. The summed E-state index contributed by atoms with van der Waals surface area (Å²) in [4.78, 5) is 14.9. The van der Waals surface area contributed by atoms with Crippen molar-refractivity contribution < 1.29 is 18.0 Å². The second kappa shape index (κ2) is 8.17. The molecule has 172 valence electrons. The van der Waals surface area contributed by atoms with Crippen molar-refractivity contribution in [1.82, 2.24) is 14.7 Å². The predicted molar refractivity (Wildman–Crippen MR) is 114 cm³/mol. The number of nitrogens with zero attached hydrogens (tertiary/aromatic N) is 3. The highest BCUT2D eigenvalue weighted by Gasteiger charge is 2.48. The third kappa shape index (κ3) is 4.62. The molecular weight excluding hydrogens is 405 g/mol. The van der Waals surface area contributed by atoms with Crippen LogP contribution in [0.3, 0.4) is 0 Å². The molecule has 4 atom stereocenters. The summed E-state index contributed by atoms with van der Waals surface area (Å²) in [6.45, 7) is 7.09. The van der Waals surface area contributed by atoms with Crippen LogP contribution in [0.25, 0.3) is 0 Å². The molecule has 3 heterocycles. The lowest BCUT2D eigenvalue weighted by molar-refractivity contribution is -0.175. The molecule has 1 aliphatic carbocycles. The minimum absolute atomic E-state index is 0.00317. The number of rotatable bonds is 2. The molecule has 2 aliphatic heterocycles. The maximum absolute atomic E-state index is 14.0. The standard InChI is InChI=1S/C23H33F3N4O/c1-22(2,3)18-13-20-27-17(12-19(23(24,25)26)30(20)28-18)16-10-7-11-29(14-16)21(31)15-8-5-4-6-9-15/h4-5,13,15-17,19,27H,6-12,14H2,1-3H3/t15-,16+,17-,19+/m0/s1. The van der Waals surface area contributed by atoms with Crippen LogP contribution in [0.5, 0.6) is 0 Å². The van der Waals surface area contributed by atoms with E-state index in [4.69, 9.17) is 0 Å². The first-order chi connectivity index (χ1) is 14.5. The Labute approximate surface area is 182 Å². The Morgan fingerprint density at radius 3 is 2.61 bits per heavy atom. The number of fused-ring (bicyclic) bond motifs is 1. The van der Waals surface area contributed by atoms with Gasteiger partial charge in [0.15, 0.2) is 6.04 Å². The minimum Gasteiger partial charge on any atom is -0.367 e. The van der Waals surface area contributed by atoms with Gasteiger partial charge < -0.3 is 10.2 Å². The second-order valence-corrected chi connectivity index (χ2v) is 10.3. The number of anilines is 1. The molecule has 1 aromatic rings. The van der Waals surface area contributed by atoms with E-state index in [1.807, 2.05) is 25.7 Å². The average Bonchev–Trinajstić information content (AvgIpc) is 3.17. The van der Waals surface area contributed by atoms with Gasteiger partial charge in [0, 0.05) is 36.5 Å². The molecule has 5 nitrogen and oxygen atoms in total. The molecule has 0 saturated carbocycles. The SMILES string of the molecule is CC(C)(C)c1cc2n(n1)[C@@H](C(F)(F)F)C[C@@H]([C@@H]1CCCN(C(=O)[C@H]3CC=CCC3)C1)N2. The van der Waals surface area contributed by atoms with Crippen molar-refractivity contribution in [1.29, 1.82) is 0 Å². The molecule has 1 fully saturated rings. The van der Waals surface area contributed by atoms with Gasteiger partial charge in [-0.05, 0) is 44.4 Å². The van der Waals surface area contributed by atoms with E-state index >= 15 is 0 Å². The lowest BCUT2D eigenvalue weighted by atomic mass is 9.84. The molecule has 1 amide bonds. The zero-order valence-corrected chi connectivity index (χ0v) is 18.6. The van der Waals surface area contributed by atoms with Gasteiger partial charge in [0.05, 0.1) is 5.69 Å². The highest BCUT2D eigenvalue weighted by Crippen LogP contribution is 2.43. The fraction of sp³-hybridized carbons (Fsp3) is 0.739. The molecule has 8 heteroatoms. The largest absolute Gasteiger partial charge is 0.410 e. The highest BCUT2D eigenvalue weighted by atomic mass is 19.4. The summed E-state index contributed by atoms with van der Waals surface area (Å²) < 4.78 is 43.0. The Morgan fingerprint density at radius 2 is 1.97 bits per heavy atom. The van der Waals surface area contributed by atoms with E-state index in [0.717, 1.165) is 36.8 Å². The first kappa shape index (κ1) is 22.2. The fourth-order valence-corrected chi connectivity index (χ4v) is 5.09. The van der Waals surface area contributed by atoms with E-state index in [2.05, 4.69) is 22.6 Å². The molecule has 0 bridgehead atoms. The number of allylic oxidation sites excluding steroid dienone is 2. The van der Waals surface area contributed by atoms with Gasteiger partial charge in [-0.1, -0.05) is 32.9 Å². The number of hydrogen-bond donors (Lipinski definition) is 1. The van der Waals surface area contributed by atoms with Crippen molar-refractivity contribution in [3.63, 3.8) is 0 Å². The number of nitrogens with one attached hydrogen (secondary N) is 1. The number of halogens is 3. The van der Waals surface area contributed by atoms with Gasteiger partial charge >= 0.3 is 6.18 Å². The molecule has 0 unspecified atom stereocenters. The maximum atomic E-state index is 14.0. The van der Waals surface area contributed by atoms with E-state index < -0.39 is 12.2 Å². The Morgan fingerprint density at radius 1 is 1.19 bits per heavy atom. The van der Waals surface area contributed by atoms with Crippen LogP contribution in [0.15, 0.2) is 18.2 Å². The van der Waals surface area contributed by atoms with Crippen molar-refractivity contribution in [3.8, 4) is 0 Å². The zero-order chi connectivity index (χ0) is 22.4. The fourth-order valence-electron chi connectivity index (χ4n) is 5.09. The molecular formula is C23H33F3N4O. The first-order valence-electron chi connectivity index (χ1n) is 11.4. The van der Waals surface area contributed by atoms with E-state index in [1.54, 1.807) is 6.07 Å². The van der Waals surface area contributed by atoms with E-state index in [0.29, 0.717) is 24.6 Å². The van der Waals surface area contributed by atoms with Crippen LogP contribution in [-0.2, 0) is 10.2 Å². The van der Waals surface area contributed by atoms with Crippen LogP contribution < -0.4 is 5.32 Å². The average molecular weight is 439 g/mol. The lowest BCUT2D eigenvalue weighted by Crippen LogP contribution is -2.50. The number of piperidine rings is 1. The number of hydrogen-bond acceptors (Lipinski definition) is 3. The van der Waals surface area contributed by atoms with Crippen molar-refractivity contribution in [2.45, 2.75) is 83.0 Å². The molecule has 4 rings (SSSR count). The number of carbonyl (C=O) groups is 1. The monoisotopic (exact) mass is 438 g/mol. The first-order valence-corrected chi connectivity index (χ1v) is 11.4. The minimum atomic E-state index is -4.37. The zero-order valence-electron chi connectivity index (χ0n) is 18.6. The predicted octanol–water partition coefficient (Wildman–Crippen LogP) is 5.06. The van der Waals surface area contributed by atoms with Gasteiger partial charge in [-0.25, -0.2) is 4.68 Å². The Kier molecular flexibility index (Phi) is 5.85. The summed E-state index contributed by atoms with van der Waals surface area (Å²) in [6.07, 6.45) is 3.98. The Bertz CT molecular complexity index is 839. The van der Waals surface area contributed by atoms with Gasteiger partial charge in [0.25, 0.3) is 0 Å². The maximum Gasteiger partial charge on any atom is 0.410 e. The molecule has 1 N–H and O–H groups in total. The number of likely N-dealkylation sites (tertiary alicyclic amines) is 1. The Balaban J connectivity index is 1.53. The molecule has 31 heavy (non-hydrogen) atoms. The summed E-state index contributed by atoms with van der Waals surface area (Å²) in [6, 6.07) is -0.213. The van der Waals surface area contributed by atoms with Crippen molar-refractivity contribution >= 4 is 11.7 Å². The lowest BCUT2D eigenvalue weighted by Gasteiger charge is -2.42. The van der Waals surface area contributed by atoms with Crippen LogP contribution in [0.2, 0.25) is 0 Å². The summed E-state index contributed by atoms with van der Waals surface area (Å²) >= 11 is 0. The van der Waals surface area contributed by atoms with Crippen molar-refractivity contribution in [3.05, 3.63) is 23.9 Å². The summed E-state index contributed by atoms with van der Waals surface area (Å²) in [7, 11) is 0. The van der Waals surface area contributed by atoms with Crippen LogP contribution in [0.1, 0.15) is 71.0 Å². The van der Waals surface area contributed by atoms with Gasteiger partial charge in [0.1, 0.15) is 5.82 Å². The van der Waals surface area contributed by atoms with Crippen LogP contribution in [0, 0.1) is 11.8 Å². The number of alkyl halides is 3. The smallest absolute Gasteiger partial charge is 0.367 e. The van der Waals surface area contributed by atoms with E-state index in [9.17, 15) is 18.0 Å². The summed E-state index contributed by atoms with van der Waals surface area (Å²) in [5, 5.41) is 7.67. The molecule has 0 spiro atoms. The highest BCUT2D eigenvalue weighted by molar-refractivity contribution is 5.79. The molecule has 0 aromatic carbocycles. The number of amides is 1. The van der Waals surface area contributed by atoms with Crippen LogP contribution in [0.4, 0.5) is 19.0 Å². The van der Waals surface area contributed by atoms with Gasteiger partial charge in [-0.3, -0.25) is 4.79 Å². The number of aromatic nitrogens is 2. The van der Waals surface area contributed by atoms with E-state index in [1.165, 1.54) is 0 Å². The van der Waals surface area contributed by atoms with Gasteiger partial charge in [-0.2, -0.15) is 18.3 Å². The molecule has 1 saturated heterocycles. The van der Waals surface area contributed by atoms with Gasteiger partial charge in [0.2, 0.25) is 5.91 Å². The normalized spacial score (nSPS) is 29.4. The quantitative estimate of drug-likeness (QED) is 0.657. The molecule has 1 aromatic heterocycles. The Hall–Kier alpha value is -1.99.